The highest BCUT2D eigenvalue weighted by Gasteiger charge is 2.72. The van der Waals surface area contributed by atoms with Crippen molar-refractivity contribution < 1.29 is 28.5 Å². The van der Waals surface area contributed by atoms with Crippen LogP contribution in [0, 0.1) is 5.92 Å². The second-order valence-corrected chi connectivity index (χ2v) is 9.49. The Morgan fingerprint density at radius 2 is 1.97 bits per heavy atom. The average Bonchev–Trinajstić information content (AvgIpc) is 3.62. The van der Waals surface area contributed by atoms with Crippen molar-refractivity contribution in [3.05, 3.63) is 11.6 Å². The summed E-state index contributed by atoms with van der Waals surface area (Å²) in [7, 11) is 1.66. The number of ether oxygens (including phenoxy) is 4. The smallest absolute Gasteiger partial charge is 0.407 e. The third-order valence-electron chi connectivity index (χ3n) is 6.33. The molecule has 1 spiro atoms. The van der Waals surface area contributed by atoms with E-state index in [1.54, 1.807) is 7.11 Å². The highest BCUT2D eigenvalue weighted by Crippen LogP contribution is 2.59. The molecule has 1 saturated carbocycles. The van der Waals surface area contributed by atoms with E-state index in [1.165, 1.54) is 5.57 Å². The Kier molecular flexibility index (Phi) is 7.68. The minimum absolute atomic E-state index is 0.0000506. The van der Waals surface area contributed by atoms with Crippen molar-refractivity contribution in [2.45, 2.75) is 69.5 Å². The topological polar surface area (TPSA) is 102 Å². The molecule has 2 saturated heterocycles. The van der Waals surface area contributed by atoms with Gasteiger partial charge in [0.1, 0.15) is 23.4 Å². The predicted molar refractivity (Wildman–Crippen MR) is 120 cm³/mol. The number of epoxide rings is 2. The van der Waals surface area contributed by atoms with Gasteiger partial charge in [-0.1, -0.05) is 34.2 Å². The molecule has 4 unspecified atom stereocenters. The zero-order valence-electron chi connectivity index (χ0n) is 18.2. The van der Waals surface area contributed by atoms with Crippen LogP contribution in [0.1, 0.15) is 40.0 Å². The number of allylic oxidation sites excluding steroid dienone is 1. The SMILES string of the molecule is COC1C(OC(=O)NCCNC(=O)CI)CC[C@]2(CO2)C1C1(C)O[C@@H]1CC=C(C)C. The predicted octanol–water partition coefficient (Wildman–Crippen LogP) is 2.34. The van der Waals surface area contributed by atoms with E-state index >= 15 is 0 Å². The molecule has 8 nitrogen and oxygen atoms in total. The minimum atomic E-state index is -0.500. The lowest BCUT2D eigenvalue weighted by atomic mass is 9.68. The number of hydrogen-bond donors (Lipinski definition) is 2. The fourth-order valence-corrected chi connectivity index (χ4v) is 4.93. The molecule has 170 valence electrons. The molecule has 2 N–H and O–H groups in total. The number of amides is 2. The van der Waals surface area contributed by atoms with Gasteiger partial charge in [0.15, 0.2) is 0 Å². The van der Waals surface area contributed by atoms with Crippen LogP contribution in [-0.4, -0.2) is 72.7 Å². The second-order valence-electron chi connectivity index (χ2n) is 8.73. The molecule has 9 heteroatoms. The van der Waals surface area contributed by atoms with Crippen LogP contribution in [0.5, 0.6) is 0 Å². The lowest BCUT2D eigenvalue weighted by molar-refractivity contribution is -0.118. The first-order chi connectivity index (χ1) is 14.3. The molecule has 0 radical (unpaired) electrons. The lowest BCUT2D eigenvalue weighted by Crippen LogP contribution is -2.56. The van der Waals surface area contributed by atoms with E-state index in [-0.39, 0.29) is 41.3 Å². The van der Waals surface area contributed by atoms with Crippen molar-refractivity contribution in [1.29, 1.82) is 0 Å². The first-order valence-corrected chi connectivity index (χ1v) is 12.0. The highest BCUT2D eigenvalue weighted by atomic mass is 127. The molecular formula is C21H33IN2O6. The van der Waals surface area contributed by atoms with E-state index in [1.807, 2.05) is 22.6 Å². The summed E-state index contributed by atoms with van der Waals surface area (Å²) in [5.74, 6) is -0.0598. The number of halogens is 1. The Labute approximate surface area is 191 Å². The van der Waals surface area contributed by atoms with Crippen molar-refractivity contribution >= 4 is 34.6 Å². The maximum absolute atomic E-state index is 12.3. The molecule has 2 amide bonds. The van der Waals surface area contributed by atoms with E-state index in [9.17, 15) is 9.59 Å². The summed E-state index contributed by atoms with van der Waals surface area (Å²) in [5, 5.41) is 5.41. The van der Waals surface area contributed by atoms with Gasteiger partial charge in [0.2, 0.25) is 5.91 Å². The van der Waals surface area contributed by atoms with Crippen LogP contribution in [0.25, 0.3) is 0 Å². The number of alkyl halides is 1. The molecule has 3 aliphatic rings. The van der Waals surface area contributed by atoms with Crippen LogP contribution >= 0.6 is 22.6 Å². The lowest BCUT2D eigenvalue weighted by Gasteiger charge is -2.42. The second kappa shape index (κ2) is 9.70. The molecule has 2 heterocycles. The van der Waals surface area contributed by atoms with Crippen LogP contribution in [0.2, 0.25) is 0 Å². The van der Waals surface area contributed by atoms with Gasteiger partial charge in [-0.25, -0.2) is 4.79 Å². The first-order valence-electron chi connectivity index (χ1n) is 10.5. The largest absolute Gasteiger partial charge is 0.443 e. The summed E-state index contributed by atoms with van der Waals surface area (Å²) in [6, 6.07) is 0. The standard InChI is InChI=1S/C21H33IN2O6/c1-13(2)5-6-15-20(3,30-15)18-17(27-4)14(7-8-21(18)12-28-21)29-19(26)24-10-9-23-16(25)11-22/h5,14-15,17-18H,6-12H2,1-4H3,(H,23,25)(H,24,26)/t14?,15-,17?,18?,20?,21+/m1/s1. The molecule has 1 aliphatic carbocycles. The van der Waals surface area contributed by atoms with Gasteiger partial charge in [-0.05, 0) is 40.0 Å². The van der Waals surface area contributed by atoms with Gasteiger partial charge in [0.05, 0.1) is 23.1 Å². The van der Waals surface area contributed by atoms with Crippen molar-refractivity contribution in [3.8, 4) is 0 Å². The number of methoxy groups -OCH3 is 1. The normalized spacial score (nSPS) is 36.7. The van der Waals surface area contributed by atoms with Gasteiger partial charge in [-0.15, -0.1) is 0 Å². The maximum atomic E-state index is 12.3. The van der Waals surface area contributed by atoms with Gasteiger partial charge in [-0.2, -0.15) is 0 Å². The molecular weight excluding hydrogens is 503 g/mol. The van der Waals surface area contributed by atoms with Gasteiger partial charge in [-0.3, -0.25) is 4.79 Å². The van der Waals surface area contributed by atoms with Crippen LogP contribution in [-0.2, 0) is 23.7 Å². The third kappa shape index (κ3) is 5.28. The molecule has 6 atom stereocenters. The van der Waals surface area contributed by atoms with Gasteiger partial charge < -0.3 is 29.6 Å². The number of alkyl carbamates (subject to hydrolysis) is 1. The quantitative estimate of drug-likeness (QED) is 0.154. The number of rotatable bonds is 9. The van der Waals surface area contributed by atoms with E-state index in [0.717, 1.165) is 12.8 Å². The first kappa shape index (κ1) is 23.7. The van der Waals surface area contributed by atoms with Crippen molar-refractivity contribution in [2.75, 3.05) is 31.2 Å². The van der Waals surface area contributed by atoms with Crippen LogP contribution in [0.4, 0.5) is 4.79 Å². The summed E-state index contributed by atoms with van der Waals surface area (Å²) in [6.45, 7) is 7.66. The van der Waals surface area contributed by atoms with E-state index in [4.69, 9.17) is 18.9 Å². The zero-order valence-corrected chi connectivity index (χ0v) is 20.3. The molecule has 0 aromatic heterocycles. The van der Waals surface area contributed by atoms with Crippen molar-refractivity contribution in [1.82, 2.24) is 10.6 Å². The summed E-state index contributed by atoms with van der Waals surface area (Å²) in [4.78, 5) is 23.6. The Morgan fingerprint density at radius 3 is 2.57 bits per heavy atom. The summed E-state index contributed by atoms with van der Waals surface area (Å²) in [6.07, 6.45) is 3.50. The fraction of sp³-hybridized carbons (Fsp3) is 0.810. The zero-order chi connectivity index (χ0) is 21.9. The van der Waals surface area contributed by atoms with Gasteiger partial charge in [0, 0.05) is 20.2 Å². The average molecular weight is 536 g/mol. The minimum Gasteiger partial charge on any atom is -0.443 e. The molecule has 3 fully saturated rings. The summed E-state index contributed by atoms with van der Waals surface area (Å²) < 4.78 is 24.1. The molecule has 0 aromatic carbocycles. The van der Waals surface area contributed by atoms with Crippen molar-refractivity contribution in [2.24, 2.45) is 5.92 Å². The Bertz CT molecular complexity index is 678. The molecule has 30 heavy (non-hydrogen) atoms. The highest BCUT2D eigenvalue weighted by molar-refractivity contribution is 14.1. The molecule has 0 bridgehead atoms. The van der Waals surface area contributed by atoms with Crippen LogP contribution in [0.15, 0.2) is 11.6 Å². The van der Waals surface area contributed by atoms with Crippen LogP contribution in [0.3, 0.4) is 0 Å². The fourth-order valence-electron chi connectivity index (χ4n) is 4.66. The van der Waals surface area contributed by atoms with E-state index < -0.39 is 6.09 Å². The Morgan fingerprint density at radius 1 is 1.27 bits per heavy atom. The summed E-state index contributed by atoms with van der Waals surface area (Å²) >= 11 is 1.99. The number of nitrogens with one attached hydrogen (secondary N) is 2. The number of carbonyl (C=O) groups excluding carboxylic acids is 2. The van der Waals surface area contributed by atoms with E-state index in [2.05, 4.69) is 37.5 Å². The van der Waals surface area contributed by atoms with E-state index in [0.29, 0.717) is 30.5 Å². The van der Waals surface area contributed by atoms with Crippen LogP contribution < -0.4 is 10.6 Å². The molecule has 0 aromatic rings. The number of hydrogen-bond acceptors (Lipinski definition) is 6. The Balaban J connectivity index is 1.59. The number of carbonyl (C=O) groups is 2. The Hall–Kier alpha value is -0.910. The van der Waals surface area contributed by atoms with Gasteiger partial charge >= 0.3 is 6.09 Å². The maximum Gasteiger partial charge on any atom is 0.407 e. The summed E-state index contributed by atoms with van der Waals surface area (Å²) in [5.41, 5.74) is 0.672. The molecule has 2 aliphatic heterocycles. The molecule has 3 rings (SSSR count). The van der Waals surface area contributed by atoms with Crippen molar-refractivity contribution in [3.63, 3.8) is 0 Å². The van der Waals surface area contributed by atoms with Gasteiger partial charge in [0.25, 0.3) is 0 Å². The monoisotopic (exact) mass is 536 g/mol. The third-order valence-corrected chi connectivity index (χ3v) is 7.03.